The van der Waals surface area contributed by atoms with Crippen molar-refractivity contribution in [2.24, 2.45) is 11.8 Å². The summed E-state index contributed by atoms with van der Waals surface area (Å²) in [4.78, 5) is 0. The molecule has 0 N–H and O–H groups in total. The molecule has 0 amide bonds. The fourth-order valence-electron chi connectivity index (χ4n) is 3.04. The summed E-state index contributed by atoms with van der Waals surface area (Å²) in [6, 6.07) is 20.1. The largest absolute Gasteiger partial charge is 0.465 e. The predicted molar refractivity (Wildman–Crippen MR) is 94.8 cm³/mol. The van der Waals surface area contributed by atoms with Crippen LogP contribution in [0, 0.1) is 11.8 Å². The van der Waals surface area contributed by atoms with Crippen molar-refractivity contribution in [2.75, 3.05) is 6.61 Å². The van der Waals surface area contributed by atoms with Crippen molar-refractivity contribution in [2.45, 2.75) is 39.3 Å². The second-order valence-corrected chi connectivity index (χ2v) is 6.61. The molecule has 0 bridgehead atoms. The summed E-state index contributed by atoms with van der Waals surface area (Å²) in [5.41, 5.74) is 1.19. The zero-order valence-corrected chi connectivity index (χ0v) is 14.4. The SMILES string of the molecule is C[C@@H]1C[C@H](Oc2ccccc2)OC(COCc2ccccc2)[C@H]1C. The number of hydrogen-bond acceptors (Lipinski definition) is 3. The van der Waals surface area contributed by atoms with Gasteiger partial charge in [-0.2, -0.15) is 0 Å². The molecule has 1 aliphatic heterocycles. The molecule has 1 saturated heterocycles. The summed E-state index contributed by atoms with van der Waals surface area (Å²) in [5.74, 6) is 1.85. The van der Waals surface area contributed by atoms with Gasteiger partial charge in [0.2, 0.25) is 0 Å². The first kappa shape index (κ1) is 17.0. The highest BCUT2D eigenvalue weighted by Crippen LogP contribution is 2.31. The normalized spacial score (nSPS) is 26.9. The smallest absolute Gasteiger partial charge is 0.200 e. The molecule has 1 heterocycles. The van der Waals surface area contributed by atoms with Crippen LogP contribution in [0.25, 0.3) is 0 Å². The van der Waals surface area contributed by atoms with Crippen LogP contribution < -0.4 is 4.74 Å². The molecular weight excluding hydrogens is 300 g/mol. The van der Waals surface area contributed by atoms with Crippen LogP contribution in [-0.2, 0) is 16.1 Å². The van der Waals surface area contributed by atoms with Crippen molar-refractivity contribution in [1.29, 1.82) is 0 Å². The van der Waals surface area contributed by atoms with Gasteiger partial charge in [0.05, 0.1) is 19.3 Å². The molecule has 4 atom stereocenters. The van der Waals surface area contributed by atoms with Crippen LogP contribution in [0.15, 0.2) is 60.7 Å². The Morgan fingerprint density at radius 3 is 2.33 bits per heavy atom. The maximum absolute atomic E-state index is 6.16. The van der Waals surface area contributed by atoms with Crippen LogP contribution in [0.3, 0.4) is 0 Å². The third kappa shape index (κ3) is 4.59. The van der Waals surface area contributed by atoms with Gasteiger partial charge in [-0.25, -0.2) is 0 Å². The van der Waals surface area contributed by atoms with E-state index in [0.717, 1.165) is 12.2 Å². The molecule has 3 heteroatoms. The van der Waals surface area contributed by atoms with E-state index in [9.17, 15) is 0 Å². The molecule has 128 valence electrons. The number of ether oxygens (including phenoxy) is 3. The molecule has 2 aromatic rings. The molecule has 1 unspecified atom stereocenters. The minimum Gasteiger partial charge on any atom is -0.465 e. The van der Waals surface area contributed by atoms with Gasteiger partial charge in [-0.05, 0) is 29.5 Å². The lowest BCUT2D eigenvalue weighted by Gasteiger charge is -2.38. The Labute approximate surface area is 144 Å². The number of hydrogen-bond donors (Lipinski definition) is 0. The van der Waals surface area contributed by atoms with Crippen molar-refractivity contribution in [3.05, 3.63) is 66.2 Å². The second kappa shape index (κ2) is 8.32. The summed E-state index contributed by atoms with van der Waals surface area (Å²) in [7, 11) is 0. The maximum Gasteiger partial charge on any atom is 0.200 e. The molecule has 3 rings (SSSR count). The van der Waals surface area contributed by atoms with Gasteiger partial charge in [0, 0.05) is 6.42 Å². The standard InChI is InChI=1S/C21H26O3/c1-16-13-21(23-19-11-7-4-8-12-19)24-20(17(16)2)15-22-14-18-9-5-3-6-10-18/h3-12,16-17,20-21H,13-15H2,1-2H3/t16-,17+,20?,21-/m1/s1. The summed E-state index contributed by atoms with van der Waals surface area (Å²) < 4.78 is 18.1. The fourth-order valence-corrected chi connectivity index (χ4v) is 3.04. The zero-order valence-electron chi connectivity index (χ0n) is 14.4. The second-order valence-electron chi connectivity index (χ2n) is 6.61. The van der Waals surface area contributed by atoms with E-state index in [1.54, 1.807) is 0 Å². The number of rotatable bonds is 6. The van der Waals surface area contributed by atoms with Gasteiger partial charge in [0.25, 0.3) is 0 Å². The van der Waals surface area contributed by atoms with Gasteiger partial charge < -0.3 is 14.2 Å². The van der Waals surface area contributed by atoms with Gasteiger partial charge in [0.1, 0.15) is 5.75 Å². The van der Waals surface area contributed by atoms with Crippen LogP contribution in [0.5, 0.6) is 5.75 Å². The Balaban J connectivity index is 1.53. The first-order valence-corrected chi connectivity index (χ1v) is 8.71. The molecule has 1 fully saturated rings. The average Bonchev–Trinajstić information content (AvgIpc) is 2.61. The van der Waals surface area contributed by atoms with Gasteiger partial charge in [-0.1, -0.05) is 62.4 Å². The van der Waals surface area contributed by atoms with E-state index in [2.05, 4.69) is 26.0 Å². The van der Waals surface area contributed by atoms with E-state index >= 15 is 0 Å². The Kier molecular flexibility index (Phi) is 5.89. The van der Waals surface area contributed by atoms with Crippen LogP contribution in [-0.4, -0.2) is 19.0 Å². The Morgan fingerprint density at radius 1 is 0.958 bits per heavy atom. The van der Waals surface area contributed by atoms with Crippen molar-refractivity contribution in [3.63, 3.8) is 0 Å². The van der Waals surface area contributed by atoms with E-state index in [1.165, 1.54) is 5.56 Å². The molecule has 0 aliphatic carbocycles. The molecule has 3 nitrogen and oxygen atoms in total. The lowest BCUT2D eigenvalue weighted by Crippen LogP contribution is -2.43. The third-order valence-corrected chi connectivity index (χ3v) is 4.78. The lowest BCUT2D eigenvalue weighted by molar-refractivity contribution is -0.197. The minimum atomic E-state index is -0.205. The maximum atomic E-state index is 6.16. The summed E-state index contributed by atoms with van der Waals surface area (Å²) in [6.45, 7) is 5.71. The highest BCUT2D eigenvalue weighted by Gasteiger charge is 2.34. The number of para-hydroxylation sites is 1. The third-order valence-electron chi connectivity index (χ3n) is 4.78. The summed E-state index contributed by atoms with van der Waals surface area (Å²) in [5, 5.41) is 0. The van der Waals surface area contributed by atoms with E-state index in [4.69, 9.17) is 14.2 Å². The Morgan fingerprint density at radius 2 is 1.62 bits per heavy atom. The highest BCUT2D eigenvalue weighted by molar-refractivity contribution is 5.21. The predicted octanol–water partition coefficient (Wildman–Crippen LogP) is 4.67. The fraction of sp³-hybridized carbons (Fsp3) is 0.429. The number of benzene rings is 2. The van der Waals surface area contributed by atoms with E-state index in [0.29, 0.717) is 25.0 Å². The first-order chi connectivity index (χ1) is 11.7. The zero-order chi connectivity index (χ0) is 16.8. The Hall–Kier alpha value is -1.84. The van der Waals surface area contributed by atoms with Crippen LogP contribution >= 0.6 is 0 Å². The van der Waals surface area contributed by atoms with E-state index < -0.39 is 0 Å². The summed E-state index contributed by atoms with van der Waals surface area (Å²) in [6.07, 6.45) is 0.765. The van der Waals surface area contributed by atoms with Crippen molar-refractivity contribution in [1.82, 2.24) is 0 Å². The van der Waals surface area contributed by atoms with Gasteiger partial charge in [-0.3, -0.25) is 0 Å². The highest BCUT2D eigenvalue weighted by atomic mass is 16.7. The lowest BCUT2D eigenvalue weighted by atomic mass is 9.86. The van der Waals surface area contributed by atoms with Crippen LogP contribution in [0.4, 0.5) is 0 Å². The molecule has 2 aromatic carbocycles. The van der Waals surface area contributed by atoms with E-state index in [1.807, 2.05) is 48.5 Å². The van der Waals surface area contributed by atoms with Gasteiger partial charge >= 0.3 is 0 Å². The van der Waals surface area contributed by atoms with Gasteiger partial charge in [-0.15, -0.1) is 0 Å². The first-order valence-electron chi connectivity index (χ1n) is 8.71. The molecule has 0 radical (unpaired) electrons. The topological polar surface area (TPSA) is 27.7 Å². The minimum absolute atomic E-state index is 0.0613. The Bertz CT molecular complexity index is 599. The van der Waals surface area contributed by atoms with E-state index in [-0.39, 0.29) is 12.4 Å². The molecule has 24 heavy (non-hydrogen) atoms. The van der Waals surface area contributed by atoms with Crippen molar-refractivity contribution < 1.29 is 14.2 Å². The molecule has 0 saturated carbocycles. The van der Waals surface area contributed by atoms with Crippen molar-refractivity contribution in [3.8, 4) is 5.75 Å². The van der Waals surface area contributed by atoms with Crippen molar-refractivity contribution >= 4 is 0 Å². The molecule has 0 aromatic heterocycles. The van der Waals surface area contributed by atoms with Gasteiger partial charge in [0.15, 0.2) is 6.29 Å². The quantitative estimate of drug-likeness (QED) is 0.772. The van der Waals surface area contributed by atoms with Crippen LogP contribution in [0.2, 0.25) is 0 Å². The molecule has 0 spiro atoms. The molecular formula is C21H26O3. The van der Waals surface area contributed by atoms with Crippen LogP contribution in [0.1, 0.15) is 25.8 Å². The average molecular weight is 326 g/mol. The summed E-state index contributed by atoms with van der Waals surface area (Å²) >= 11 is 0. The molecule has 1 aliphatic rings. The monoisotopic (exact) mass is 326 g/mol.